The van der Waals surface area contributed by atoms with Crippen LogP contribution in [0, 0.1) is 0 Å². The first-order chi connectivity index (χ1) is 11.8. The Labute approximate surface area is 142 Å². The SMILES string of the molecule is COc1ccc(OC)c(CN[C@@H]2CCCN(c3ncccn3)C2)c1. The fraction of sp³-hybridized carbons (Fsp3) is 0.444. The summed E-state index contributed by atoms with van der Waals surface area (Å²) in [6, 6.07) is 8.13. The van der Waals surface area contributed by atoms with Crippen LogP contribution in [0.5, 0.6) is 11.5 Å². The smallest absolute Gasteiger partial charge is 0.225 e. The van der Waals surface area contributed by atoms with E-state index in [2.05, 4.69) is 20.2 Å². The molecule has 0 unspecified atom stereocenters. The molecule has 24 heavy (non-hydrogen) atoms. The molecule has 0 saturated carbocycles. The van der Waals surface area contributed by atoms with E-state index in [1.165, 1.54) is 0 Å². The summed E-state index contributed by atoms with van der Waals surface area (Å²) in [5.41, 5.74) is 1.10. The van der Waals surface area contributed by atoms with Crippen LogP contribution >= 0.6 is 0 Å². The minimum absolute atomic E-state index is 0.401. The van der Waals surface area contributed by atoms with E-state index in [4.69, 9.17) is 9.47 Å². The highest BCUT2D eigenvalue weighted by atomic mass is 16.5. The van der Waals surface area contributed by atoms with Crippen molar-refractivity contribution in [2.75, 3.05) is 32.2 Å². The molecule has 2 heterocycles. The van der Waals surface area contributed by atoms with E-state index in [0.29, 0.717) is 6.04 Å². The fourth-order valence-electron chi connectivity index (χ4n) is 3.05. The molecule has 1 atom stereocenters. The van der Waals surface area contributed by atoms with Gasteiger partial charge < -0.3 is 19.7 Å². The van der Waals surface area contributed by atoms with Crippen LogP contribution in [0.4, 0.5) is 5.95 Å². The zero-order valence-electron chi connectivity index (χ0n) is 14.2. The number of piperidine rings is 1. The number of nitrogens with zero attached hydrogens (tertiary/aromatic N) is 3. The maximum absolute atomic E-state index is 5.45. The number of hydrogen-bond donors (Lipinski definition) is 1. The van der Waals surface area contributed by atoms with Crippen LogP contribution in [0.2, 0.25) is 0 Å². The second-order valence-corrected chi connectivity index (χ2v) is 5.89. The van der Waals surface area contributed by atoms with Gasteiger partial charge in [-0.1, -0.05) is 0 Å². The Bertz CT molecular complexity index is 651. The first-order valence-electron chi connectivity index (χ1n) is 8.26. The predicted octanol–water partition coefficient (Wildman–Crippen LogP) is 2.25. The van der Waals surface area contributed by atoms with E-state index in [1.807, 2.05) is 24.3 Å². The topological polar surface area (TPSA) is 59.5 Å². The van der Waals surface area contributed by atoms with Gasteiger partial charge in [0.05, 0.1) is 14.2 Å². The zero-order valence-corrected chi connectivity index (χ0v) is 14.2. The lowest BCUT2D eigenvalue weighted by Crippen LogP contribution is -2.46. The molecular weight excluding hydrogens is 304 g/mol. The summed E-state index contributed by atoms with van der Waals surface area (Å²) in [6.07, 6.45) is 5.86. The molecule has 3 rings (SSSR count). The van der Waals surface area contributed by atoms with Gasteiger partial charge in [0.15, 0.2) is 0 Å². The molecule has 1 aromatic carbocycles. The lowest BCUT2D eigenvalue weighted by atomic mass is 10.1. The maximum atomic E-state index is 5.45. The molecule has 0 bridgehead atoms. The van der Waals surface area contributed by atoms with Crippen molar-refractivity contribution in [1.82, 2.24) is 15.3 Å². The molecule has 0 spiro atoms. The van der Waals surface area contributed by atoms with E-state index in [-0.39, 0.29) is 0 Å². The maximum Gasteiger partial charge on any atom is 0.225 e. The van der Waals surface area contributed by atoms with Gasteiger partial charge >= 0.3 is 0 Å². The highest BCUT2D eigenvalue weighted by molar-refractivity contribution is 5.40. The molecule has 1 N–H and O–H groups in total. The highest BCUT2D eigenvalue weighted by Crippen LogP contribution is 2.24. The molecule has 1 saturated heterocycles. The van der Waals surface area contributed by atoms with Crippen LogP contribution in [0.25, 0.3) is 0 Å². The van der Waals surface area contributed by atoms with Crippen molar-refractivity contribution >= 4 is 5.95 Å². The Hall–Kier alpha value is -2.34. The van der Waals surface area contributed by atoms with Crippen molar-refractivity contribution in [3.63, 3.8) is 0 Å². The van der Waals surface area contributed by atoms with Gasteiger partial charge in [-0.15, -0.1) is 0 Å². The average Bonchev–Trinajstić information content (AvgIpc) is 2.67. The number of benzene rings is 1. The second-order valence-electron chi connectivity index (χ2n) is 5.89. The minimum atomic E-state index is 0.401. The molecule has 1 aliphatic heterocycles. The average molecular weight is 328 g/mol. The van der Waals surface area contributed by atoms with Gasteiger partial charge in [0, 0.05) is 43.6 Å². The first-order valence-corrected chi connectivity index (χ1v) is 8.26. The van der Waals surface area contributed by atoms with Crippen molar-refractivity contribution in [2.24, 2.45) is 0 Å². The summed E-state index contributed by atoms with van der Waals surface area (Å²) in [7, 11) is 3.37. The lowest BCUT2D eigenvalue weighted by Gasteiger charge is -2.33. The molecule has 1 aromatic heterocycles. The molecule has 0 amide bonds. The Morgan fingerprint density at radius 3 is 2.79 bits per heavy atom. The van der Waals surface area contributed by atoms with Crippen molar-refractivity contribution in [3.05, 3.63) is 42.2 Å². The van der Waals surface area contributed by atoms with Gasteiger partial charge in [-0.3, -0.25) is 0 Å². The van der Waals surface area contributed by atoms with Crippen LogP contribution in [0.1, 0.15) is 18.4 Å². The number of rotatable bonds is 6. The van der Waals surface area contributed by atoms with Gasteiger partial charge in [0.1, 0.15) is 11.5 Å². The molecule has 0 aliphatic carbocycles. The zero-order chi connectivity index (χ0) is 16.8. The molecular formula is C18H24N4O2. The summed E-state index contributed by atoms with van der Waals surface area (Å²) in [4.78, 5) is 11.0. The number of methoxy groups -OCH3 is 2. The van der Waals surface area contributed by atoms with Crippen molar-refractivity contribution < 1.29 is 9.47 Å². The van der Waals surface area contributed by atoms with Crippen molar-refractivity contribution in [1.29, 1.82) is 0 Å². The van der Waals surface area contributed by atoms with Gasteiger partial charge in [0.2, 0.25) is 5.95 Å². The Kier molecular flexibility index (Phi) is 5.48. The van der Waals surface area contributed by atoms with E-state index < -0.39 is 0 Å². The molecule has 6 heteroatoms. The Balaban J connectivity index is 1.62. The van der Waals surface area contributed by atoms with Crippen molar-refractivity contribution in [3.8, 4) is 11.5 Å². The number of aromatic nitrogens is 2. The monoisotopic (exact) mass is 328 g/mol. The lowest BCUT2D eigenvalue weighted by molar-refractivity contribution is 0.387. The molecule has 1 aliphatic rings. The third-order valence-corrected chi connectivity index (χ3v) is 4.33. The summed E-state index contributed by atoms with van der Waals surface area (Å²) in [5, 5.41) is 3.63. The second kappa shape index (κ2) is 7.97. The van der Waals surface area contributed by atoms with Gasteiger partial charge in [-0.25, -0.2) is 9.97 Å². The van der Waals surface area contributed by atoms with Gasteiger partial charge in [-0.2, -0.15) is 0 Å². The van der Waals surface area contributed by atoms with Crippen LogP contribution in [0.15, 0.2) is 36.7 Å². The van der Waals surface area contributed by atoms with E-state index >= 15 is 0 Å². The van der Waals surface area contributed by atoms with Gasteiger partial charge in [0.25, 0.3) is 0 Å². The number of nitrogens with one attached hydrogen (secondary N) is 1. The van der Waals surface area contributed by atoms with Crippen LogP contribution in [-0.4, -0.2) is 43.3 Å². The minimum Gasteiger partial charge on any atom is -0.497 e. The van der Waals surface area contributed by atoms with E-state index in [1.54, 1.807) is 26.6 Å². The highest BCUT2D eigenvalue weighted by Gasteiger charge is 2.21. The van der Waals surface area contributed by atoms with Gasteiger partial charge in [-0.05, 0) is 37.1 Å². The van der Waals surface area contributed by atoms with Crippen LogP contribution in [0.3, 0.4) is 0 Å². The van der Waals surface area contributed by atoms with E-state index in [9.17, 15) is 0 Å². The quantitative estimate of drug-likeness (QED) is 0.878. The third-order valence-electron chi connectivity index (χ3n) is 4.33. The van der Waals surface area contributed by atoms with Crippen LogP contribution in [-0.2, 0) is 6.54 Å². The summed E-state index contributed by atoms with van der Waals surface area (Å²) in [6.45, 7) is 2.66. The number of anilines is 1. The largest absolute Gasteiger partial charge is 0.497 e. The van der Waals surface area contributed by atoms with Crippen molar-refractivity contribution in [2.45, 2.75) is 25.4 Å². The first kappa shape index (κ1) is 16.5. The molecule has 2 aromatic rings. The number of ether oxygens (including phenoxy) is 2. The Morgan fingerprint density at radius 2 is 2.04 bits per heavy atom. The molecule has 128 valence electrons. The normalized spacial score (nSPS) is 17.6. The standard InChI is InChI=1S/C18H24N4O2/c1-23-16-6-7-17(24-2)14(11-16)12-21-15-5-3-10-22(13-15)18-19-8-4-9-20-18/h4,6-9,11,15,21H,3,5,10,12-13H2,1-2H3/t15-/m1/s1. The molecule has 0 radical (unpaired) electrons. The van der Waals surface area contributed by atoms with E-state index in [0.717, 1.165) is 55.5 Å². The molecule has 1 fully saturated rings. The Morgan fingerprint density at radius 1 is 1.21 bits per heavy atom. The summed E-state index contributed by atoms with van der Waals surface area (Å²) < 4.78 is 10.8. The predicted molar refractivity (Wildman–Crippen MR) is 93.7 cm³/mol. The summed E-state index contributed by atoms with van der Waals surface area (Å²) >= 11 is 0. The fourth-order valence-corrected chi connectivity index (χ4v) is 3.05. The van der Waals surface area contributed by atoms with Crippen LogP contribution < -0.4 is 19.7 Å². The number of hydrogen-bond acceptors (Lipinski definition) is 6. The third kappa shape index (κ3) is 3.94. The summed E-state index contributed by atoms with van der Waals surface area (Å²) in [5.74, 6) is 2.53. The molecule has 6 nitrogen and oxygen atoms in total.